The van der Waals surface area contributed by atoms with Gasteiger partial charge in [0.25, 0.3) is 20.2 Å². The lowest BCUT2D eigenvalue weighted by Gasteiger charge is -2.03. The summed E-state index contributed by atoms with van der Waals surface area (Å²) in [5, 5.41) is 7.43. The van der Waals surface area contributed by atoms with Gasteiger partial charge < -0.3 is 5.73 Å². The molecule has 9 nitrogen and oxygen atoms in total. The first-order valence-electron chi connectivity index (χ1n) is 5.94. The van der Waals surface area contributed by atoms with Crippen molar-refractivity contribution in [3.8, 4) is 0 Å². The van der Waals surface area contributed by atoms with Crippen LogP contribution >= 0.6 is 0 Å². The summed E-state index contributed by atoms with van der Waals surface area (Å²) in [5.41, 5.74) is 5.65. The topological polar surface area (TPSA) is 159 Å². The molecular weight excluding hydrogens is 346 g/mol. The summed E-state index contributed by atoms with van der Waals surface area (Å²) >= 11 is 0. The lowest BCUT2D eigenvalue weighted by atomic mass is 10.3. The van der Waals surface area contributed by atoms with Crippen LogP contribution in [0, 0.1) is 0 Å². The highest BCUT2D eigenvalue weighted by Crippen LogP contribution is 2.28. The molecule has 0 amide bonds. The Labute approximate surface area is 132 Å². The van der Waals surface area contributed by atoms with Crippen LogP contribution in [0.3, 0.4) is 0 Å². The van der Waals surface area contributed by atoms with Gasteiger partial charge in [-0.15, -0.1) is 5.11 Å². The van der Waals surface area contributed by atoms with Crippen LogP contribution in [0.1, 0.15) is 0 Å². The van der Waals surface area contributed by atoms with Crippen LogP contribution in [-0.2, 0) is 20.2 Å². The predicted molar refractivity (Wildman–Crippen MR) is 81.1 cm³/mol. The third kappa shape index (κ3) is 4.32. The molecule has 2 rings (SSSR count). The van der Waals surface area contributed by atoms with Gasteiger partial charge in [-0.25, -0.2) is 0 Å². The first kappa shape index (κ1) is 17.0. The number of nitrogen functional groups attached to an aromatic ring is 1. The van der Waals surface area contributed by atoms with Crippen molar-refractivity contribution in [2.24, 2.45) is 10.2 Å². The minimum absolute atomic E-state index is 0.120. The van der Waals surface area contributed by atoms with Gasteiger partial charge in [-0.3, -0.25) is 9.11 Å². The second-order valence-corrected chi connectivity index (χ2v) is 7.18. The molecule has 122 valence electrons. The molecule has 0 aromatic heterocycles. The quantitative estimate of drug-likeness (QED) is 0.429. The molecular formula is C12H11N3O6S2. The standard InChI is InChI=1S/C12H11N3O6S2/c13-8-1-6-11(12(7-8)23(19,20)21)15-14-9-2-4-10(5-3-9)22(16,17)18/h1-7H,13H2,(H,16,17,18)(H,19,20,21)/b15-14+. The van der Waals surface area contributed by atoms with Crippen molar-refractivity contribution in [2.45, 2.75) is 9.79 Å². The van der Waals surface area contributed by atoms with E-state index in [0.29, 0.717) is 0 Å². The van der Waals surface area contributed by atoms with Crippen LogP contribution in [0.4, 0.5) is 17.1 Å². The molecule has 2 aromatic rings. The van der Waals surface area contributed by atoms with Gasteiger partial charge in [0.2, 0.25) is 0 Å². The Morgan fingerprint density at radius 3 is 1.96 bits per heavy atom. The molecule has 0 aliphatic rings. The number of azo groups is 1. The zero-order chi connectivity index (χ0) is 17.3. The van der Waals surface area contributed by atoms with Crippen molar-refractivity contribution in [3.05, 3.63) is 42.5 Å². The molecule has 0 saturated carbocycles. The van der Waals surface area contributed by atoms with Gasteiger partial charge in [0.15, 0.2) is 0 Å². The number of hydrogen-bond donors (Lipinski definition) is 3. The second kappa shape index (κ2) is 6.04. The molecule has 0 bridgehead atoms. The Morgan fingerprint density at radius 2 is 1.43 bits per heavy atom. The summed E-state index contributed by atoms with van der Waals surface area (Å²) in [4.78, 5) is -0.821. The molecule has 0 unspecified atom stereocenters. The second-order valence-electron chi connectivity index (χ2n) is 4.37. The van der Waals surface area contributed by atoms with E-state index in [1.165, 1.54) is 24.3 Å². The maximum Gasteiger partial charge on any atom is 0.296 e. The monoisotopic (exact) mass is 357 g/mol. The zero-order valence-corrected chi connectivity index (χ0v) is 13.0. The average molecular weight is 357 g/mol. The SMILES string of the molecule is Nc1ccc(/N=N/c2ccc(S(=O)(=O)O)cc2)c(S(=O)(=O)O)c1. The molecule has 0 radical (unpaired) electrons. The van der Waals surface area contributed by atoms with Gasteiger partial charge in [0.05, 0.1) is 10.6 Å². The summed E-state index contributed by atoms with van der Waals surface area (Å²) in [6.07, 6.45) is 0. The Hall–Kier alpha value is -2.34. The molecule has 4 N–H and O–H groups in total. The number of nitrogens with zero attached hydrogens (tertiary/aromatic N) is 2. The zero-order valence-electron chi connectivity index (χ0n) is 11.4. The maximum atomic E-state index is 11.3. The van der Waals surface area contributed by atoms with E-state index in [1.807, 2.05) is 0 Å². The third-order valence-electron chi connectivity index (χ3n) is 2.67. The fourth-order valence-corrected chi connectivity index (χ4v) is 2.75. The van der Waals surface area contributed by atoms with Gasteiger partial charge >= 0.3 is 0 Å². The lowest BCUT2D eigenvalue weighted by molar-refractivity contribution is 0.481. The molecule has 0 aliphatic heterocycles. The highest BCUT2D eigenvalue weighted by atomic mass is 32.2. The molecule has 2 aromatic carbocycles. The van der Waals surface area contributed by atoms with Crippen LogP contribution in [0.2, 0.25) is 0 Å². The summed E-state index contributed by atoms with van der Waals surface area (Å²) in [7, 11) is -8.85. The molecule has 23 heavy (non-hydrogen) atoms. The molecule has 0 saturated heterocycles. The minimum atomic E-state index is -4.53. The van der Waals surface area contributed by atoms with E-state index in [9.17, 15) is 16.8 Å². The van der Waals surface area contributed by atoms with Crippen molar-refractivity contribution in [1.29, 1.82) is 0 Å². The van der Waals surface area contributed by atoms with Gasteiger partial charge in [-0.05, 0) is 42.5 Å². The Balaban J connectivity index is 2.38. The van der Waals surface area contributed by atoms with Gasteiger partial charge in [0, 0.05) is 5.69 Å². The normalized spacial score (nSPS) is 12.6. The van der Waals surface area contributed by atoms with Gasteiger partial charge in [0.1, 0.15) is 10.6 Å². The first-order chi connectivity index (χ1) is 10.6. The van der Waals surface area contributed by atoms with Crippen LogP contribution in [0.5, 0.6) is 0 Å². The number of benzene rings is 2. The molecule has 0 heterocycles. The van der Waals surface area contributed by atoms with E-state index in [0.717, 1.165) is 18.2 Å². The smallest absolute Gasteiger partial charge is 0.296 e. The van der Waals surface area contributed by atoms with Crippen molar-refractivity contribution in [3.63, 3.8) is 0 Å². The maximum absolute atomic E-state index is 11.3. The van der Waals surface area contributed by atoms with Crippen LogP contribution in [0.15, 0.2) is 62.5 Å². The van der Waals surface area contributed by atoms with Gasteiger partial charge in [-0.2, -0.15) is 21.9 Å². The van der Waals surface area contributed by atoms with Crippen LogP contribution < -0.4 is 5.73 Å². The fourth-order valence-electron chi connectivity index (χ4n) is 1.62. The van der Waals surface area contributed by atoms with Crippen LogP contribution in [0.25, 0.3) is 0 Å². The van der Waals surface area contributed by atoms with Crippen molar-refractivity contribution < 1.29 is 25.9 Å². The fraction of sp³-hybridized carbons (Fsp3) is 0. The summed E-state index contributed by atoms with van der Waals surface area (Å²) in [6.45, 7) is 0. The predicted octanol–water partition coefficient (Wildman–Crippen LogP) is 2.18. The Morgan fingerprint density at radius 1 is 0.826 bits per heavy atom. The largest absolute Gasteiger partial charge is 0.399 e. The van der Waals surface area contributed by atoms with Crippen molar-refractivity contribution in [2.75, 3.05) is 5.73 Å². The minimum Gasteiger partial charge on any atom is -0.399 e. The average Bonchev–Trinajstić information content (AvgIpc) is 2.44. The van der Waals surface area contributed by atoms with Crippen molar-refractivity contribution in [1.82, 2.24) is 0 Å². The Kier molecular flexibility index (Phi) is 4.47. The number of anilines is 1. The van der Waals surface area contributed by atoms with E-state index < -0.39 is 25.1 Å². The summed E-state index contributed by atoms with van der Waals surface area (Å²) in [6, 6.07) is 8.41. The molecule has 0 fully saturated rings. The highest BCUT2D eigenvalue weighted by molar-refractivity contribution is 7.86. The molecule has 0 spiro atoms. The van der Waals surface area contributed by atoms with E-state index in [-0.39, 0.29) is 22.0 Å². The highest BCUT2D eigenvalue weighted by Gasteiger charge is 2.16. The lowest BCUT2D eigenvalue weighted by Crippen LogP contribution is -1.99. The van der Waals surface area contributed by atoms with E-state index in [4.69, 9.17) is 14.8 Å². The van der Waals surface area contributed by atoms with Gasteiger partial charge in [-0.1, -0.05) is 0 Å². The summed E-state index contributed by atoms with van der Waals surface area (Å²) in [5.74, 6) is 0. The molecule has 0 atom stereocenters. The molecule has 11 heteroatoms. The number of nitrogens with two attached hydrogens (primary N) is 1. The van der Waals surface area contributed by atoms with E-state index >= 15 is 0 Å². The van der Waals surface area contributed by atoms with E-state index in [1.54, 1.807) is 0 Å². The summed E-state index contributed by atoms with van der Waals surface area (Å²) < 4.78 is 62.4. The van der Waals surface area contributed by atoms with Crippen molar-refractivity contribution >= 4 is 37.3 Å². The number of rotatable bonds is 4. The number of hydrogen-bond acceptors (Lipinski definition) is 7. The van der Waals surface area contributed by atoms with E-state index in [2.05, 4.69) is 10.2 Å². The third-order valence-corrected chi connectivity index (χ3v) is 4.42. The Bertz CT molecular complexity index is 966. The molecule has 0 aliphatic carbocycles. The van der Waals surface area contributed by atoms with Crippen LogP contribution in [-0.4, -0.2) is 25.9 Å². The first-order valence-corrected chi connectivity index (χ1v) is 8.82.